The molecule has 0 aliphatic carbocycles. The highest BCUT2D eigenvalue weighted by atomic mass is 16.5. The van der Waals surface area contributed by atoms with E-state index < -0.39 is 0 Å². The summed E-state index contributed by atoms with van der Waals surface area (Å²) in [5.41, 5.74) is 1.11. The number of likely N-dealkylation sites (tertiary alicyclic amines) is 1. The molecule has 5 heteroatoms. The van der Waals surface area contributed by atoms with Crippen molar-refractivity contribution in [3.63, 3.8) is 0 Å². The van der Waals surface area contributed by atoms with Crippen molar-refractivity contribution in [2.75, 3.05) is 26.8 Å². The van der Waals surface area contributed by atoms with Gasteiger partial charge in [-0.1, -0.05) is 24.3 Å². The summed E-state index contributed by atoms with van der Waals surface area (Å²) in [6.45, 7) is 1.69. The van der Waals surface area contributed by atoms with Crippen molar-refractivity contribution >= 4 is 5.91 Å². The maximum absolute atomic E-state index is 12.7. The zero-order valence-electron chi connectivity index (χ0n) is 14.2. The molecule has 2 aromatic rings. The Bertz CT molecular complexity index is 770. The van der Waals surface area contributed by atoms with Gasteiger partial charge in [-0.05, 0) is 30.2 Å². The van der Waals surface area contributed by atoms with Crippen LogP contribution in [0.25, 0.3) is 0 Å². The van der Waals surface area contributed by atoms with Gasteiger partial charge in [0.15, 0.2) is 0 Å². The number of ether oxygens (including phenoxy) is 3. The van der Waals surface area contributed by atoms with Crippen molar-refractivity contribution in [3.8, 4) is 17.2 Å². The topological polar surface area (TPSA) is 48.0 Å². The van der Waals surface area contributed by atoms with E-state index in [1.807, 2.05) is 53.4 Å². The molecule has 130 valence electrons. The normalized spacial score (nSPS) is 19.4. The molecular formula is C20H21NO4. The number of carbonyl (C=O) groups is 1. The van der Waals surface area contributed by atoms with Crippen LogP contribution >= 0.6 is 0 Å². The standard InChI is InChI=1S/C20H21NO4/c1-23-16-6-4-7-17(10-16)25-18-11-21(12-18)20(22)15-9-14-5-2-3-8-19(14)24-13-15/h2-8,10,15,18H,9,11-13H2,1H3. The van der Waals surface area contributed by atoms with Crippen molar-refractivity contribution in [2.24, 2.45) is 5.92 Å². The number of carbonyl (C=O) groups excluding carboxylic acids is 1. The first-order valence-electron chi connectivity index (χ1n) is 8.53. The van der Waals surface area contributed by atoms with E-state index in [0.717, 1.165) is 29.2 Å². The summed E-state index contributed by atoms with van der Waals surface area (Å²) in [6.07, 6.45) is 0.778. The number of hydrogen-bond acceptors (Lipinski definition) is 4. The molecule has 0 N–H and O–H groups in total. The molecule has 1 saturated heterocycles. The summed E-state index contributed by atoms with van der Waals surface area (Å²) in [5, 5.41) is 0. The van der Waals surface area contributed by atoms with Gasteiger partial charge >= 0.3 is 0 Å². The molecule has 0 radical (unpaired) electrons. The maximum atomic E-state index is 12.7. The van der Waals surface area contributed by atoms with Crippen LogP contribution in [0.4, 0.5) is 0 Å². The Kier molecular flexibility index (Phi) is 4.22. The SMILES string of the molecule is COc1cccc(OC2CN(C(=O)C3COc4ccccc4C3)C2)c1. The Hall–Kier alpha value is -2.69. The van der Waals surface area contributed by atoms with Gasteiger partial charge in [-0.3, -0.25) is 4.79 Å². The van der Waals surface area contributed by atoms with Crippen LogP contribution in [0.2, 0.25) is 0 Å². The van der Waals surface area contributed by atoms with E-state index in [-0.39, 0.29) is 17.9 Å². The summed E-state index contributed by atoms with van der Waals surface area (Å²) in [4.78, 5) is 14.5. The molecule has 1 amide bonds. The third kappa shape index (κ3) is 3.27. The largest absolute Gasteiger partial charge is 0.497 e. The number of nitrogens with zero attached hydrogens (tertiary/aromatic N) is 1. The lowest BCUT2D eigenvalue weighted by molar-refractivity contribution is -0.145. The molecular weight excluding hydrogens is 318 g/mol. The first kappa shape index (κ1) is 15.8. The average molecular weight is 339 g/mol. The highest BCUT2D eigenvalue weighted by Crippen LogP contribution is 2.29. The first-order chi connectivity index (χ1) is 12.2. The monoisotopic (exact) mass is 339 g/mol. The Morgan fingerprint density at radius 1 is 1.12 bits per heavy atom. The molecule has 1 atom stereocenters. The summed E-state index contributed by atoms with van der Waals surface area (Å²) in [6, 6.07) is 15.5. The smallest absolute Gasteiger partial charge is 0.229 e. The minimum atomic E-state index is -0.104. The average Bonchev–Trinajstić information content (AvgIpc) is 2.63. The molecule has 0 saturated carbocycles. The molecule has 0 spiro atoms. The molecule has 5 nitrogen and oxygen atoms in total. The molecule has 2 heterocycles. The predicted octanol–water partition coefficient (Wildman–Crippen LogP) is 2.54. The van der Waals surface area contributed by atoms with Crippen LogP contribution in [0.5, 0.6) is 17.2 Å². The molecule has 0 aromatic heterocycles. The van der Waals surface area contributed by atoms with Gasteiger partial charge in [0.25, 0.3) is 0 Å². The van der Waals surface area contributed by atoms with Gasteiger partial charge in [-0.25, -0.2) is 0 Å². The zero-order chi connectivity index (χ0) is 17.2. The van der Waals surface area contributed by atoms with Gasteiger partial charge in [0.05, 0.1) is 26.1 Å². The molecule has 2 aromatic carbocycles. The minimum absolute atomic E-state index is 0.0350. The van der Waals surface area contributed by atoms with Crippen molar-refractivity contribution in [1.29, 1.82) is 0 Å². The first-order valence-corrected chi connectivity index (χ1v) is 8.53. The van der Waals surface area contributed by atoms with Crippen LogP contribution in [-0.2, 0) is 11.2 Å². The number of para-hydroxylation sites is 1. The van der Waals surface area contributed by atoms with Crippen molar-refractivity contribution < 1.29 is 19.0 Å². The van der Waals surface area contributed by atoms with Crippen LogP contribution in [0.1, 0.15) is 5.56 Å². The molecule has 1 fully saturated rings. The number of fused-ring (bicyclic) bond motifs is 1. The third-order valence-corrected chi connectivity index (χ3v) is 4.73. The molecule has 2 aliphatic rings. The number of hydrogen-bond donors (Lipinski definition) is 0. The van der Waals surface area contributed by atoms with E-state index in [1.54, 1.807) is 7.11 Å². The summed E-state index contributed by atoms with van der Waals surface area (Å²) in [5.74, 6) is 2.48. The van der Waals surface area contributed by atoms with Gasteiger partial charge in [0, 0.05) is 6.07 Å². The lowest BCUT2D eigenvalue weighted by Crippen LogP contribution is -2.58. The van der Waals surface area contributed by atoms with E-state index in [2.05, 4.69) is 0 Å². The van der Waals surface area contributed by atoms with E-state index in [1.165, 1.54) is 0 Å². The second-order valence-electron chi connectivity index (χ2n) is 6.48. The molecule has 0 bridgehead atoms. The number of rotatable bonds is 4. The minimum Gasteiger partial charge on any atom is -0.497 e. The Morgan fingerprint density at radius 2 is 1.92 bits per heavy atom. The van der Waals surface area contributed by atoms with Crippen LogP contribution in [0.15, 0.2) is 48.5 Å². The van der Waals surface area contributed by atoms with Crippen LogP contribution in [-0.4, -0.2) is 43.7 Å². The molecule has 4 rings (SSSR count). The fourth-order valence-electron chi connectivity index (χ4n) is 3.30. The number of amides is 1. The lowest BCUT2D eigenvalue weighted by Gasteiger charge is -2.41. The van der Waals surface area contributed by atoms with E-state index in [0.29, 0.717) is 19.7 Å². The predicted molar refractivity (Wildman–Crippen MR) is 93.1 cm³/mol. The number of methoxy groups -OCH3 is 1. The van der Waals surface area contributed by atoms with Crippen molar-refractivity contribution in [3.05, 3.63) is 54.1 Å². The highest BCUT2D eigenvalue weighted by molar-refractivity contribution is 5.80. The second-order valence-corrected chi connectivity index (χ2v) is 6.48. The third-order valence-electron chi connectivity index (χ3n) is 4.73. The Balaban J connectivity index is 1.31. The summed E-state index contributed by atoms with van der Waals surface area (Å²) >= 11 is 0. The summed E-state index contributed by atoms with van der Waals surface area (Å²) in [7, 11) is 1.63. The van der Waals surface area contributed by atoms with E-state index in [9.17, 15) is 4.79 Å². The van der Waals surface area contributed by atoms with Crippen LogP contribution in [0, 0.1) is 5.92 Å². The quantitative estimate of drug-likeness (QED) is 0.859. The Morgan fingerprint density at radius 3 is 2.76 bits per heavy atom. The van der Waals surface area contributed by atoms with Crippen LogP contribution in [0.3, 0.4) is 0 Å². The second kappa shape index (κ2) is 6.67. The molecule has 1 unspecified atom stereocenters. The lowest BCUT2D eigenvalue weighted by atomic mass is 9.94. The fourth-order valence-corrected chi connectivity index (χ4v) is 3.30. The van der Waals surface area contributed by atoms with Gasteiger partial charge < -0.3 is 19.1 Å². The highest BCUT2D eigenvalue weighted by Gasteiger charge is 2.37. The van der Waals surface area contributed by atoms with Crippen molar-refractivity contribution in [2.45, 2.75) is 12.5 Å². The number of benzene rings is 2. The fraction of sp³-hybridized carbons (Fsp3) is 0.350. The van der Waals surface area contributed by atoms with E-state index in [4.69, 9.17) is 14.2 Å². The zero-order valence-corrected chi connectivity index (χ0v) is 14.2. The van der Waals surface area contributed by atoms with Gasteiger partial charge in [-0.2, -0.15) is 0 Å². The maximum Gasteiger partial charge on any atom is 0.229 e. The van der Waals surface area contributed by atoms with Gasteiger partial charge in [0.1, 0.15) is 30.0 Å². The summed E-state index contributed by atoms with van der Waals surface area (Å²) < 4.78 is 16.8. The Labute approximate surface area is 147 Å². The van der Waals surface area contributed by atoms with E-state index >= 15 is 0 Å². The van der Waals surface area contributed by atoms with Gasteiger partial charge in [-0.15, -0.1) is 0 Å². The van der Waals surface area contributed by atoms with Crippen LogP contribution < -0.4 is 14.2 Å². The molecule has 25 heavy (non-hydrogen) atoms. The van der Waals surface area contributed by atoms with Crippen molar-refractivity contribution in [1.82, 2.24) is 4.90 Å². The molecule has 2 aliphatic heterocycles. The van der Waals surface area contributed by atoms with Gasteiger partial charge in [0.2, 0.25) is 5.91 Å².